The number of hydrogen-bond acceptors (Lipinski definition) is 10. The molecule has 18 heteroatoms. The molecule has 6 rings (SSSR count). The Labute approximate surface area is 307 Å². The standard InChI is InChI=1S/2C18H20F3N5O/c1-4-11(2)8-22-15-9-24-16(10-23-15)26-14-6-5-12(27-3)7-13(14)25-17(26)18(19,20)21;1-3-4-5-8-22-15-10-24-16(11-23-15)26-14-7-6-12(27-2)9-13(14)25-17(26)18(19,20)21/h5-7,9-11H,4,8H2,1-3H3,(H,22,23);6-7,9-11H,3-5,8H2,1-2H3,(H,22,23). The van der Waals surface area contributed by atoms with Gasteiger partial charge in [0.15, 0.2) is 11.6 Å². The number of methoxy groups -OCH3 is 2. The van der Waals surface area contributed by atoms with E-state index in [1.807, 2.05) is 0 Å². The molecule has 2 N–H and O–H groups in total. The van der Waals surface area contributed by atoms with Gasteiger partial charge >= 0.3 is 12.4 Å². The van der Waals surface area contributed by atoms with E-state index in [9.17, 15) is 26.3 Å². The molecular formula is C36H40F6N10O2. The van der Waals surface area contributed by atoms with Crippen LogP contribution >= 0.6 is 0 Å². The summed E-state index contributed by atoms with van der Waals surface area (Å²) in [5, 5.41) is 6.24. The third-order valence-corrected chi connectivity index (χ3v) is 8.38. The summed E-state index contributed by atoms with van der Waals surface area (Å²) in [6.07, 6.45) is 0.395. The molecule has 54 heavy (non-hydrogen) atoms. The fourth-order valence-electron chi connectivity index (χ4n) is 5.29. The number of hydrogen-bond donors (Lipinski definition) is 2. The summed E-state index contributed by atoms with van der Waals surface area (Å²) in [5.74, 6) is 0.335. The minimum Gasteiger partial charge on any atom is -0.497 e. The molecule has 0 saturated heterocycles. The number of aromatic nitrogens is 8. The lowest BCUT2D eigenvalue weighted by atomic mass is 10.1. The number of alkyl halides is 6. The highest BCUT2D eigenvalue weighted by Gasteiger charge is 2.39. The molecule has 0 amide bonds. The van der Waals surface area contributed by atoms with E-state index >= 15 is 0 Å². The third-order valence-electron chi connectivity index (χ3n) is 8.38. The molecule has 0 aliphatic rings. The van der Waals surface area contributed by atoms with Crippen molar-refractivity contribution in [3.8, 4) is 23.1 Å². The van der Waals surface area contributed by atoms with Gasteiger partial charge in [0.25, 0.3) is 0 Å². The molecular weight excluding hydrogens is 718 g/mol. The maximum atomic E-state index is 13.5. The van der Waals surface area contributed by atoms with Gasteiger partial charge in [-0.15, -0.1) is 0 Å². The van der Waals surface area contributed by atoms with Crippen LogP contribution in [0.2, 0.25) is 0 Å². The Kier molecular flexibility index (Phi) is 12.4. The highest BCUT2D eigenvalue weighted by atomic mass is 19.4. The van der Waals surface area contributed by atoms with Crippen LogP contribution in [0.1, 0.15) is 58.1 Å². The molecule has 0 radical (unpaired) electrons. The Morgan fingerprint density at radius 1 is 0.667 bits per heavy atom. The summed E-state index contributed by atoms with van der Waals surface area (Å²) in [5.41, 5.74) is 0.895. The van der Waals surface area contributed by atoms with Crippen LogP contribution in [-0.4, -0.2) is 66.3 Å². The molecule has 0 aliphatic carbocycles. The van der Waals surface area contributed by atoms with Gasteiger partial charge in [-0.2, -0.15) is 26.3 Å². The summed E-state index contributed by atoms with van der Waals surface area (Å²) in [7, 11) is 2.89. The van der Waals surface area contributed by atoms with E-state index in [0.717, 1.165) is 41.4 Å². The van der Waals surface area contributed by atoms with E-state index < -0.39 is 24.0 Å². The van der Waals surface area contributed by atoms with E-state index in [4.69, 9.17) is 9.47 Å². The highest BCUT2D eigenvalue weighted by Crippen LogP contribution is 2.36. The van der Waals surface area contributed by atoms with Crippen molar-refractivity contribution in [2.75, 3.05) is 37.9 Å². The van der Waals surface area contributed by atoms with Crippen molar-refractivity contribution in [2.45, 2.75) is 58.8 Å². The second-order valence-electron chi connectivity index (χ2n) is 12.3. The lowest BCUT2D eigenvalue weighted by Gasteiger charge is -2.12. The number of halogens is 6. The van der Waals surface area contributed by atoms with Crippen LogP contribution in [0.4, 0.5) is 38.0 Å². The van der Waals surface area contributed by atoms with Crippen molar-refractivity contribution in [3.05, 3.63) is 72.8 Å². The molecule has 0 fully saturated rings. The fourth-order valence-corrected chi connectivity index (χ4v) is 5.29. The third kappa shape index (κ3) is 9.27. The van der Waals surface area contributed by atoms with E-state index in [1.165, 1.54) is 63.3 Å². The first kappa shape index (κ1) is 39.5. The normalized spacial score (nSPS) is 12.4. The first-order chi connectivity index (χ1) is 25.8. The van der Waals surface area contributed by atoms with Crippen LogP contribution in [0, 0.1) is 5.92 Å². The SMILES string of the molecule is CCC(C)CNc1cnc(-n2c(C(F)(F)F)nc3cc(OC)ccc32)cn1.CCCCCNc1cnc(-n2c(C(F)(F)F)nc3cc(OC)ccc32)cn1. The van der Waals surface area contributed by atoms with Crippen LogP contribution in [0.5, 0.6) is 11.5 Å². The zero-order chi connectivity index (χ0) is 39.0. The van der Waals surface area contributed by atoms with Gasteiger partial charge in [-0.05, 0) is 36.6 Å². The summed E-state index contributed by atoms with van der Waals surface area (Å²) >= 11 is 0. The fraction of sp³-hybridized carbons (Fsp3) is 0.389. The van der Waals surface area contributed by atoms with E-state index in [0.29, 0.717) is 35.6 Å². The van der Waals surface area contributed by atoms with Crippen LogP contribution < -0.4 is 20.1 Å². The molecule has 0 aliphatic heterocycles. The Balaban J connectivity index is 0.000000208. The molecule has 6 aromatic rings. The Morgan fingerprint density at radius 3 is 1.54 bits per heavy atom. The molecule has 0 saturated carbocycles. The lowest BCUT2D eigenvalue weighted by molar-refractivity contribution is -0.146. The van der Waals surface area contributed by atoms with Crippen molar-refractivity contribution in [1.29, 1.82) is 0 Å². The number of fused-ring (bicyclic) bond motifs is 2. The Hall–Kier alpha value is -5.68. The average molecular weight is 759 g/mol. The molecule has 4 heterocycles. The number of imidazole rings is 2. The van der Waals surface area contributed by atoms with Gasteiger partial charge in [-0.25, -0.2) is 29.9 Å². The molecule has 288 valence electrons. The van der Waals surface area contributed by atoms with Crippen LogP contribution in [0.25, 0.3) is 33.7 Å². The molecule has 1 unspecified atom stereocenters. The average Bonchev–Trinajstić information content (AvgIpc) is 3.75. The van der Waals surface area contributed by atoms with Crippen molar-refractivity contribution in [1.82, 2.24) is 39.0 Å². The summed E-state index contributed by atoms with van der Waals surface area (Å²) < 4.78 is 93.1. The summed E-state index contributed by atoms with van der Waals surface area (Å²) in [6, 6.07) is 9.12. The largest absolute Gasteiger partial charge is 0.497 e. The Bertz CT molecular complexity index is 2130. The van der Waals surface area contributed by atoms with Gasteiger partial charge in [-0.3, -0.25) is 9.13 Å². The van der Waals surface area contributed by atoms with Crippen molar-refractivity contribution < 1.29 is 35.8 Å². The minimum atomic E-state index is -4.64. The second-order valence-corrected chi connectivity index (χ2v) is 12.3. The van der Waals surface area contributed by atoms with Crippen LogP contribution in [0.15, 0.2) is 61.2 Å². The van der Waals surface area contributed by atoms with E-state index in [-0.39, 0.29) is 33.7 Å². The second kappa shape index (κ2) is 17.0. The number of unbranched alkanes of at least 4 members (excludes halogenated alkanes) is 2. The molecule has 2 aromatic carbocycles. The number of rotatable bonds is 13. The summed E-state index contributed by atoms with van der Waals surface area (Å²) in [6.45, 7) is 7.74. The van der Waals surface area contributed by atoms with Gasteiger partial charge in [0, 0.05) is 25.2 Å². The molecule has 4 aromatic heterocycles. The van der Waals surface area contributed by atoms with Gasteiger partial charge in [0.1, 0.15) is 23.1 Å². The first-order valence-electron chi connectivity index (χ1n) is 17.2. The Morgan fingerprint density at radius 2 is 1.15 bits per heavy atom. The van der Waals surface area contributed by atoms with Gasteiger partial charge in [0.2, 0.25) is 11.6 Å². The van der Waals surface area contributed by atoms with Gasteiger partial charge < -0.3 is 20.1 Å². The van der Waals surface area contributed by atoms with E-state index in [1.54, 1.807) is 12.1 Å². The maximum absolute atomic E-state index is 13.5. The smallest absolute Gasteiger partial charge is 0.450 e. The van der Waals surface area contributed by atoms with Gasteiger partial charge in [-0.1, -0.05) is 40.0 Å². The predicted octanol–water partition coefficient (Wildman–Crippen LogP) is 8.75. The van der Waals surface area contributed by atoms with Crippen molar-refractivity contribution in [3.63, 3.8) is 0 Å². The number of nitrogens with zero attached hydrogens (tertiary/aromatic N) is 8. The molecule has 0 spiro atoms. The lowest BCUT2D eigenvalue weighted by Crippen LogP contribution is -2.15. The predicted molar refractivity (Wildman–Crippen MR) is 192 cm³/mol. The van der Waals surface area contributed by atoms with Crippen molar-refractivity contribution >= 4 is 33.7 Å². The zero-order valence-electron chi connectivity index (χ0n) is 30.3. The van der Waals surface area contributed by atoms with Crippen molar-refractivity contribution in [2.24, 2.45) is 5.92 Å². The monoisotopic (exact) mass is 758 g/mol. The van der Waals surface area contributed by atoms with Gasteiger partial charge in [0.05, 0.1) is 61.1 Å². The molecule has 0 bridgehead atoms. The molecule has 12 nitrogen and oxygen atoms in total. The molecule has 1 atom stereocenters. The summed E-state index contributed by atoms with van der Waals surface area (Å²) in [4.78, 5) is 24.2. The van der Waals surface area contributed by atoms with E-state index in [2.05, 4.69) is 61.3 Å². The number of nitrogens with one attached hydrogen (secondary N) is 2. The number of ether oxygens (including phenoxy) is 2. The quantitative estimate of drug-likeness (QED) is 0.0871. The van der Waals surface area contributed by atoms with Crippen LogP contribution in [-0.2, 0) is 12.4 Å². The minimum absolute atomic E-state index is 0.0454. The topological polar surface area (TPSA) is 130 Å². The number of benzene rings is 2. The number of anilines is 2. The maximum Gasteiger partial charge on any atom is 0.450 e. The van der Waals surface area contributed by atoms with Crippen LogP contribution in [0.3, 0.4) is 0 Å². The zero-order valence-corrected chi connectivity index (χ0v) is 30.3. The highest BCUT2D eigenvalue weighted by molar-refractivity contribution is 5.80. The first-order valence-corrected chi connectivity index (χ1v) is 17.2.